The SMILES string of the molecule is CC(=O)N1CCCN(c2ccc(N)c(C(F)(F)F)c2)CC1. The molecule has 0 spiro atoms. The summed E-state index contributed by atoms with van der Waals surface area (Å²) in [5.74, 6) is -0.00913. The van der Waals surface area contributed by atoms with E-state index in [0.29, 0.717) is 31.9 Å². The first-order valence-corrected chi connectivity index (χ1v) is 6.76. The van der Waals surface area contributed by atoms with Crippen molar-refractivity contribution in [3.63, 3.8) is 0 Å². The molecule has 0 aromatic heterocycles. The van der Waals surface area contributed by atoms with Gasteiger partial charge >= 0.3 is 6.18 Å². The van der Waals surface area contributed by atoms with Crippen molar-refractivity contribution in [2.45, 2.75) is 19.5 Å². The average molecular weight is 301 g/mol. The van der Waals surface area contributed by atoms with Gasteiger partial charge < -0.3 is 15.5 Å². The summed E-state index contributed by atoms with van der Waals surface area (Å²) in [5.41, 5.74) is 4.81. The van der Waals surface area contributed by atoms with Crippen molar-refractivity contribution in [1.29, 1.82) is 0 Å². The van der Waals surface area contributed by atoms with Gasteiger partial charge in [0, 0.05) is 44.5 Å². The molecule has 0 unspecified atom stereocenters. The Morgan fingerprint density at radius 3 is 2.52 bits per heavy atom. The predicted octanol–water partition coefficient (Wildman–Crippen LogP) is 2.35. The van der Waals surface area contributed by atoms with Crippen LogP contribution in [0.1, 0.15) is 18.9 Å². The molecule has 2 N–H and O–H groups in total. The third-order valence-electron chi connectivity index (χ3n) is 3.65. The number of nitrogens with two attached hydrogens (primary N) is 1. The molecule has 1 aromatic carbocycles. The number of hydrogen-bond donors (Lipinski definition) is 1. The van der Waals surface area contributed by atoms with E-state index in [2.05, 4.69) is 0 Å². The summed E-state index contributed by atoms with van der Waals surface area (Å²) in [5, 5.41) is 0. The Morgan fingerprint density at radius 1 is 1.19 bits per heavy atom. The zero-order chi connectivity index (χ0) is 15.6. The van der Waals surface area contributed by atoms with E-state index < -0.39 is 11.7 Å². The topological polar surface area (TPSA) is 49.6 Å². The fourth-order valence-electron chi connectivity index (χ4n) is 2.48. The molecule has 1 heterocycles. The summed E-state index contributed by atoms with van der Waals surface area (Å²) in [4.78, 5) is 14.9. The summed E-state index contributed by atoms with van der Waals surface area (Å²) in [6.07, 6.45) is -3.73. The van der Waals surface area contributed by atoms with Gasteiger partial charge in [0.25, 0.3) is 0 Å². The number of carbonyl (C=O) groups is 1. The molecule has 0 bridgehead atoms. The Bertz CT molecular complexity index is 531. The van der Waals surface area contributed by atoms with E-state index in [1.54, 1.807) is 11.0 Å². The molecule has 1 aromatic rings. The molecular formula is C14H18F3N3O. The molecule has 1 fully saturated rings. The number of halogens is 3. The van der Waals surface area contributed by atoms with Crippen LogP contribution in [0, 0.1) is 0 Å². The smallest absolute Gasteiger partial charge is 0.398 e. The molecule has 116 valence electrons. The fraction of sp³-hybridized carbons (Fsp3) is 0.500. The molecular weight excluding hydrogens is 283 g/mol. The second-order valence-corrected chi connectivity index (χ2v) is 5.12. The van der Waals surface area contributed by atoms with Crippen LogP contribution in [0.15, 0.2) is 18.2 Å². The Morgan fingerprint density at radius 2 is 1.90 bits per heavy atom. The number of rotatable bonds is 1. The van der Waals surface area contributed by atoms with E-state index in [1.165, 1.54) is 13.0 Å². The molecule has 2 rings (SSSR count). The highest BCUT2D eigenvalue weighted by molar-refractivity contribution is 5.73. The number of anilines is 2. The van der Waals surface area contributed by atoms with Crippen molar-refractivity contribution in [3.05, 3.63) is 23.8 Å². The van der Waals surface area contributed by atoms with Crippen LogP contribution in [0.5, 0.6) is 0 Å². The van der Waals surface area contributed by atoms with Crippen LogP contribution >= 0.6 is 0 Å². The normalized spacial score (nSPS) is 16.8. The van der Waals surface area contributed by atoms with Crippen LogP contribution in [-0.2, 0) is 11.0 Å². The summed E-state index contributed by atoms with van der Waals surface area (Å²) in [6, 6.07) is 3.96. The fourth-order valence-corrected chi connectivity index (χ4v) is 2.48. The van der Waals surface area contributed by atoms with Gasteiger partial charge in [-0.15, -0.1) is 0 Å². The minimum atomic E-state index is -4.46. The maximum Gasteiger partial charge on any atom is 0.418 e. The lowest BCUT2D eigenvalue weighted by Gasteiger charge is -2.24. The maximum atomic E-state index is 12.9. The van der Waals surface area contributed by atoms with Gasteiger partial charge in [0.2, 0.25) is 5.91 Å². The highest BCUT2D eigenvalue weighted by Gasteiger charge is 2.33. The highest BCUT2D eigenvalue weighted by Crippen LogP contribution is 2.36. The maximum absolute atomic E-state index is 12.9. The number of nitrogen functional groups attached to an aromatic ring is 1. The predicted molar refractivity (Wildman–Crippen MR) is 74.9 cm³/mol. The molecule has 0 aliphatic carbocycles. The first-order valence-electron chi connectivity index (χ1n) is 6.76. The van der Waals surface area contributed by atoms with Crippen LogP contribution in [0.2, 0.25) is 0 Å². The molecule has 4 nitrogen and oxygen atoms in total. The minimum Gasteiger partial charge on any atom is -0.398 e. The molecule has 21 heavy (non-hydrogen) atoms. The van der Waals surface area contributed by atoms with Crippen molar-refractivity contribution >= 4 is 17.3 Å². The third kappa shape index (κ3) is 3.59. The van der Waals surface area contributed by atoms with Gasteiger partial charge in [-0.25, -0.2) is 0 Å². The summed E-state index contributed by atoms with van der Waals surface area (Å²) >= 11 is 0. The number of alkyl halides is 3. The third-order valence-corrected chi connectivity index (χ3v) is 3.65. The summed E-state index contributed by atoms with van der Waals surface area (Å²) in [7, 11) is 0. The Labute approximate surface area is 121 Å². The largest absolute Gasteiger partial charge is 0.418 e. The van der Waals surface area contributed by atoms with Gasteiger partial charge in [0.15, 0.2) is 0 Å². The van der Waals surface area contributed by atoms with Crippen LogP contribution in [0.3, 0.4) is 0 Å². The number of hydrogen-bond acceptors (Lipinski definition) is 3. The molecule has 1 saturated heterocycles. The number of benzene rings is 1. The van der Waals surface area contributed by atoms with Crippen molar-refractivity contribution in [3.8, 4) is 0 Å². The van der Waals surface area contributed by atoms with E-state index in [-0.39, 0.29) is 11.6 Å². The van der Waals surface area contributed by atoms with Crippen LogP contribution < -0.4 is 10.6 Å². The van der Waals surface area contributed by atoms with Crippen molar-refractivity contribution in [2.24, 2.45) is 0 Å². The zero-order valence-electron chi connectivity index (χ0n) is 11.8. The molecule has 1 aliphatic rings. The molecule has 1 aliphatic heterocycles. The minimum absolute atomic E-state index is 0.00913. The summed E-state index contributed by atoms with van der Waals surface area (Å²) in [6.45, 7) is 3.78. The van der Waals surface area contributed by atoms with E-state index in [0.717, 1.165) is 12.5 Å². The van der Waals surface area contributed by atoms with Gasteiger partial charge in [-0.05, 0) is 24.6 Å². The summed E-state index contributed by atoms with van der Waals surface area (Å²) < 4.78 is 38.7. The monoisotopic (exact) mass is 301 g/mol. The van der Waals surface area contributed by atoms with Crippen molar-refractivity contribution < 1.29 is 18.0 Å². The molecule has 0 radical (unpaired) electrons. The van der Waals surface area contributed by atoms with E-state index in [4.69, 9.17) is 5.73 Å². The molecule has 1 amide bonds. The van der Waals surface area contributed by atoms with Crippen molar-refractivity contribution in [2.75, 3.05) is 36.8 Å². The quantitative estimate of drug-likeness (QED) is 0.810. The van der Waals surface area contributed by atoms with Gasteiger partial charge in [0.1, 0.15) is 0 Å². The van der Waals surface area contributed by atoms with Gasteiger partial charge in [-0.3, -0.25) is 4.79 Å². The number of carbonyl (C=O) groups excluding carboxylic acids is 1. The van der Waals surface area contributed by atoms with Crippen LogP contribution in [-0.4, -0.2) is 37.0 Å². The second-order valence-electron chi connectivity index (χ2n) is 5.12. The van der Waals surface area contributed by atoms with Crippen LogP contribution in [0.25, 0.3) is 0 Å². The van der Waals surface area contributed by atoms with Crippen molar-refractivity contribution in [1.82, 2.24) is 4.90 Å². The van der Waals surface area contributed by atoms with Gasteiger partial charge in [-0.2, -0.15) is 13.2 Å². The molecule has 0 saturated carbocycles. The molecule has 7 heteroatoms. The number of amides is 1. The van der Waals surface area contributed by atoms with E-state index in [9.17, 15) is 18.0 Å². The highest BCUT2D eigenvalue weighted by atomic mass is 19.4. The van der Waals surface area contributed by atoms with E-state index in [1.807, 2.05) is 4.90 Å². The average Bonchev–Trinajstić information content (AvgIpc) is 2.63. The lowest BCUT2D eigenvalue weighted by atomic mass is 10.1. The van der Waals surface area contributed by atoms with Gasteiger partial charge in [0.05, 0.1) is 5.56 Å². The first-order chi connectivity index (χ1) is 9.79. The van der Waals surface area contributed by atoms with Crippen LogP contribution in [0.4, 0.5) is 24.5 Å². The zero-order valence-corrected chi connectivity index (χ0v) is 11.8. The Balaban J connectivity index is 2.20. The van der Waals surface area contributed by atoms with E-state index >= 15 is 0 Å². The first kappa shape index (κ1) is 15.5. The standard InChI is InChI=1S/C14H18F3N3O/c1-10(21)19-5-2-6-20(8-7-19)11-3-4-13(18)12(9-11)14(15,16)17/h3-4,9H,2,5-8,18H2,1H3. The lowest BCUT2D eigenvalue weighted by Crippen LogP contribution is -2.33. The second kappa shape index (κ2) is 5.83. The Kier molecular flexibility index (Phi) is 4.29. The van der Waals surface area contributed by atoms with Gasteiger partial charge in [-0.1, -0.05) is 0 Å². The lowest BCUT2D eigenvalue weighted by molar-refractivity contribution is -0.136. The number of nitrogens with zero attached hydrogens (tertiary/aromatic N) is 2. The molecule has 0 atom stereocenters. The Hall–Kier alpha value is -1.92.